The van der Waals surface area contributed by atoms with Crippen LogP contribution in [0.4, 0.5) is 0 Å². The third-order valence-corrected chi connectivity index (χ3v) is 4.61. The number of hydrogen-bond acceptors (Lipinski definition) is 3. The molecule has 0 fully saturated rings. The Morgan fingerprint density at radius 1 is 1.35 bits per heavy atom. The van der Waals surface area contributed by atoms with Crippen LogP contribution in [0.2, 0.25) is 0 Å². The summed E-state index contributed by atoms with van der Waals surface area (Å²) in [7, 11) is 0. The quantitative estimate of drug-likeness (QED) is 0.652. The smallest absolute Gasteiger partial charge is 0.127 e. The van der Waals surface area contributed by atoms with Crippen molar-refractivity contribution in [2.75, 3.05) is 6.61 Å². The molecule has 0 amide bonds. The number of ether oxygens (including phenoxy) is 1. The van der Waals surface area contributed by atoms with Crippen LogP contribution >= 0.6 is 0 Å². The molecule has 0 radical (unpaired) electrons. The zero-order valence-electron chi connectivity index (χ0n) is 13.2. The Bertz CT molecular complexity index is 451. The Labute approximate surface area is 122 Å². The number of nitrogens with two attached hydrogens (primary N) is 1. The third-order valence-electron chi connectivity index (χ3n) is 4.61. The van der Waals surface area contributed by atoms with Crippen LogP contribution in [0.5, 0.6) is 5.75 Å². The first-order valence-corrected chi connectivity index (χ1v) is 7.64. The molecule has 1 aromatic rings. The van der Waals surface area contributed by atoms with Crippen LogP contribution in [0, 0.1) is 11.3 Å². The SMILES string of the molecule is CC(CC(NN)c1cccc2c1OCCC2)C(C)(C)C. The van der Waals surface area contributed by atoms with Gasteiger partial charge in [-0.15, -0.1) is 0 Å². The van der Waals surface area contributed by atoms with Gasteiger partial charge >= 0.3 is 0 Å². The van der Waals surface area contributed by atoms with Gasteiger partial charge in [-0.3, -0.25) is 11.3 Å². The molecule has 3 nitrogen and oxygen atoms in total. The monoisotopic (exact) mass is 276 g/mol. The summed E-state index contributed by atoms with van der Waals surface area (Å²) < 4.78 is 5.91. The summed E-state index contributed by atoms with van der Waals surface area (Å²) in [6.45, 7) is 9.95. The molecule has 0 saturated carbocycles. The van der Waals surface area contributed by atoms with E-state index < -0.39 is 0 Å². The topological polar surface area (TPSA) is 47.3 Å². The maximum atomic E-state index is 5.91. The second kappa shape index (κ2) is 6.15. The van der Waals surface area contributed by atoms with Gasteiger partial charge in [0.1, 0.15) is 5.75 Å². The first-order valence-electron chi connectivity index (χ1n) is 7.64. The second-order valence-electron chi connectivity index (χ2n) is 7.01. The number of hydrazine groups is 1. The summed E-state index contributed by atoms with van der Waals surface area (Å²) in [5.41, 5.74) is 5.80. The molecule has 2 atom stereocenters. The molecule has 1 aliphatic rings. The molecule has 1 aliphatic heterocycles. The van der Waals surface area contributed by atoms with Crippen molar-refractivity contribution in [1.82, 2.24) is 5.43 Å². The molecule has 20 heavy (non-hydrogen) atoms. The molecule has 0 aromatic heterocycles. The van der Waals surface area contributed by atoms with Gasteiger partial charge in [0.25, 0.3) is 0 Å². The number of para-hydroxylation sites is 1. The van der Waals surface area contributed by atoms with E-state index in [4.69, 9.17) is 10.6 Å². The highest BCUT2D eigenvalue weighted by molar-refractivity contribution is 5.44. The van der Waals surface area contributed by atoms with Gasteiger partial charge in [0.2, 0.25) is 0 Å². The Kier molecular flexibility index (Phi) is 4.71. The molecule has 0 bridgehead atoms. The Morgan fingerprint density at radius 3 is 2.75 bits per heavy atom. The highest BCUT2D eigenvalue weighted by Gasteiger charge is 2.26. The fraction of sp³-hybridized carbons (Fsp3) is 0.647. The molecule has 0 saturated heterocycles. The molecule has 1 aromatic carbocycles. The van der Waals surface area contributed by atoms with Crippen LogP contribution in [0.1, 0.15) is 57.7 Å². The molecule has 0 aliphatic carbocycles. The summed E-state index contributed by atoms with van der Waals surface area (Å²) in [4.78, 5) is 0. The zero-order chi connectivity index (χ0) is 14.8. The molecular formula is C17H28N2O. The molecule has 0 spiro atoms. The van der Waals surface area contributed by atoms with E-state index in [2.05, 4.69) is 51.3 Å². The fourth-order valence-corrected chi connectivity index (χ4v) is 2.68. The average Bonchev–Trinajstić information content (AvgIpc) is 2.43. The van der Waals surface area contributed by atoms with Crippen LogP contribution in [-0.2, 0) is 6.42 Å². The lowest BCUT2D eigenvalue weighted by Crippen LogP contribution is -2.32. The predicted octanol–water partition coefficient (Wildman–Crippen LogP) is 3.59. The van der Waals surface area contributed by atoms with Gasteiger partial charge in [0.15, 0.2) is 0 Å². The van der Waals surface area contributed by atoms with Crippen LogP contribution in [0.25, 0.3) is 0 Å². The maximum Gasteiger partial charge on any atom is 0.127 e. The van der Waals surface area contributed by atoms with E-state index in [1.54, 1.807) is 0 Å². The largest absolute Gasteiger partial charge is 0.493 e. The second-order valence-corrected chi connectivity index (χ2v) is 7.01. The summed E-state index contributed by atoms with van der Waals surface area (Å²) in [6.07, 6.45) is 3.23. The van der Waals surface area contributed by atoms with Gasteiger partial charge in [-0.2, -0.15) is 0 Å². The average molecular weight is 276 g/mol. The highest BCUT2D eigenvalue weighted by Crippen LogP contribution is 2.38. The van der Waals surface area contributed by atoms with Crippen LogP contribution < -0.4 is 16.0 Å². The predicted molar refractivity (Wildman–Crippen MR) is 83.6 cm³/mol. The minimum absolute atomic E-state index is 0.150. The van der Waals surface area contributed by atoms with Crippen molar-refractivity contribution in [2.45, 2.75) is 53.0 Å². The van der Waals surface area contributed by atoms with Crippen molar-refractivity contribution in [3.8, 4) is 5.75 Å². The van der Waals surface area contributed by atoms with Crippen molar-refractivity contribution in [1.29, 1.82) is 0 Å². The number of hydrogen-bond donors (Lipinski definition) is 2. The first kappa shape index (κ1) is 15.3. The maximum absolute atomic E-state index is 5.91. The minimum Gasteiger partial charge on any atom is -0.493 e. The lowest BCUT2D eigenvalue weighted by molar-refractivity contribution is 0.219. The lowest BCUT2D eigenvalue weighted by Gasteiger charge is -2.32. The van der Waals surface area contributed by atoms with Crippen molar-refractivity contribution < 1.29 is 4.74 Å². The summed E-state index contributed by atoms with van der Waals surface area (Å²) in [6, 6.07) is 6.58. The first-order chi connectivity index (χ1) is 9.43. The Morgan fingerprint density at radius 2 is 2.10 bits per heavy atom. The van der Waals surface area contributed by atoms with Gasteiger partial charge in [-0.05, 0) is 36.2 Å². The summed E-state index contributed by atoms with van der Waals surface area (Å²) in [5, 5.41) is 0. The summed E-state index contributed by atoms with van der Waals surface area (Å²) >= 11 is 0. The zero-order valence-corrected chi connectivity index (χ0v) is 13.2. The molecule has 2 rings (SSSR count). The van der Waals surface area contributed by atoms with E-state index in [0.29, 0.717) is 5.92 Å². The number of aryl methyl sites for hydroxylation is 1. The Hall–Kier alpha value is -1.06. The highest BCUT2D eigenvalue weighted by atomic mass is 16.5. The van der Waals surface area contributed by atoms with Gasteiger partial charge < -0.3 is 4.74 Å². The van der Waals surface area contributed by atoms with Crippen LogP contribution in [-0.4, -0.2) is 6.61 Å². The van der Waals surface area contributed by atoms with Crippen LogP contribution in [0.15, 0.2) is 18.2 Å². The molecular weight excluding hydrogens is 248 g/mol. The van der Waals surface area contributed by atoms with E-state index in [0.717, 1.165) is 31.6 Å². The van der Waals surface area contributed by atoms with E-state index in [9.17, 15) is 0 Å². The lowest BCUT2D eigenvalue weighted by atomic mass is 9.77. The van der Waals surface area contributed by atoms with Gasteiger partial charge in [-0.1, -0.05) is 45.9 Å². The number of fused-ring (bicyclic) bond motifs is 1. The minimum atomic E-state index is 0.150. The third kappa shape index (κ3) is 3.33. The normalized spacial score (nSPS) is 18.1. The van der Waals surface area contributed by atoms with Crippen molar-refractivity contribution in [3.05, 3.63) is 29.3 Å². The van der Waals surface area contributed by atoms with E-state index in [1.165, 1.54) is 11.1 Å². The van der Waals surface area contributed by atoms with Gasteiger partial charge in [-0.25, -0.2) is 0 Å². The molecule has 2 unspecified atom stereocenters. The molecule has 1 heterocycles. The molecule has 112 valence electrons. The Balaban J connectivity index is 2.24. The van der Waals surface area contributed by atoms with Gasteiger partial charge in [0.05, 0.1) is 6.61 Å². The molecule has 3 heteroatoms. The number of benzene rings is 1. The van der Waals surface area contributed by atoms with Gasteiger partial charge in [0, 0.05) is 11.6 Å². The summed E-state index contributed by atoms with van der Waals surface area (Å²) in [5.74, 6) is 7.45. The number of nitrogens with one attached hydrogen (secondary N) is 1. The van der Waals surface area contributed by atoms with Crippen molar-refractivity contribution in [3.63, 3.8) is 0 Å². The molecule has 3 N–H and O–H groups in total. The van der Waals surface area contributed by atoms with Crippen molar-refractivity contribution in [2.24, 2.45) is 17.2 Å². The fourth-order valence-electron chi connectivity index (χ4n) is 2.68. The number of rotatable bonds is 4. The van der Waals surface area contributed by atoms with E-state index in [1.807, 2.05) is 0 Å². The van der Waals surface area contributed by atoms with Crippen LogP contribution in [0.3, 0.4) is 0 Å². The van der Waals surface area contributed by atoms with E-state index >= 15 is 0 Å². The standard InChI is InChI=1S/C17H28N2O/c1-12(17(2,3)4)11-15(19-18)14-9-5-7-13-8-6-10-20-16(13)14/h5,7,9,12,15,19H,6,8,10-11,18H2,1-4H3. The van der Waals surface area contributed by atoms with Crippen molar-refractivity contribution >= 4 is 0 Å². The van der Waals surface area contributed by atoms with E-state index in [-0.39, 0.29) is 11.5 Å².